The summed E-state index contributed by atoms with van der Waals surface area (Å²) in [5.74, 6) is 3.84. The number of amides is 1. The van der Waals surface area contributed by atoms with Crippen LogP contribution in [0.5, 0.6) is 0 Å². The van der Waals surface area contributed by atoms with Gasteiger partial charge in [0.15, 0.2) is 5.15 Å². The van der Waals surface area contributed by atoms with Crippen LogP contribution < -0.4 is 5.73 Å². The fraction of sp³-hybridized carbons (Fsp3) is 0. The average Bonchev–Trinajstić information content (AvgIpc) is 2.03. The number of nitrogens with zero attached hydrogens (tertiary/aromatic N) is 2. The molecule has 0 unspecified atom stereocenters. The number of hydrogen-bond donors (Lipinski definition) is 1. The first kappa shape index (κ1) is 8.50. The highest BCUT2D eigenvalue weighted by Crippen LogP contribution is 2.00. The first-order valence-corrected chi connectivity index (χ1v) is 3.37. The van der Waals surface area contributed by atoms with E-state index in [9.17, 15) is 4.79 Å². The van der Waals surface area contributed by atoms with Crippen LogP contribution in [0.25, 0.3) is 0 Å². The fourth-order valence-corrected chi connectivity index (χ4v) is 0.609. The minimum absolute atomic E-state index is 0.277. The quantitative estimate of drug-likeness (QED) is 0.572. The molecule has 0 bridgehead atoms. The summed E-state index contributed by atoms with van der Waals surface area (Å²) in [5.41, 5.74) is 5.14. The lowest BCUT2D eigenvalue weighted by Gasteiger charge is -1.86. The van der Waals surface area contributed by atoms with Crippen molar-refractivity contribution in [2.45, 2.75) is 0 Å². The smallest absolute Gasteiger partial charge is 0.293 e. The van der Waals surface area contributed by atoms with E-state index in [0.29, 0.717) is 5.69 Å². The molecule has 1 rings (SSSR count). The van der Waals surface area contributed by atoms with Gasteiger partial charge in [-0.1, -0.05) is 11.6 Å². The number of carbonyl (C=O) groups is 1. The van der Waals surface area contributed by atoms with Gasteiger partial charge in [-0.05, 0) is 18.1 Å². The molecule has 0 saturated carbocycles. The van der Waals surface area contributed by atoms with Gasteiger partial charge in [0.1, 0.15) is 5.69 Å². The van der Waals surface area contributed by atoms with Gasteiger partial charge in [-0.25, -0.2) is 0 Å². The van der Waals surface area contributed by atoms with Gasteiger partial charge in [0.2, 0.25) is 0 Å². The third kappa shape index (κ3) is 2.56. The van der Waals surface area contributed by atoms with Crippen LogP contribution in [0.2, 0.25) is 5.15 Å². The van der Waals surface area contributed by atoms with Gasteiger partial charge >= 0.3 is 0 Å². The Morgan fingerprint density at radius 3 is 2.75 bits per heavy atom. The van der Waals surface area contributed by atoms with Crippen LogP contribution in [0, 0.1) is 11.8 Å². The van der Waals surface area contributed by atoms with E-state index in [2.05, 4.69) is 22.0 Å². The zero-order valence-electron chi connectivity index (χ0n) is 5.91. The second-order valence-electron chi connectivity index (χ2n) is 1.86. The maximum absolute atomic E-state index is 10.2. The molecular weight excluding hydrogens is 178 g/mol. The number of nitrogens with two attached hydrogens (primary N) is 1. The van der Waals surface area contributed by atoms with Gasteiger partial charge < -0.3 is 5.73 Å². The first-order chi connectivity index (χ1) is 5.68. The van der Waals surface area contributed by atoms with Crippen LogP contribution in [0.15, 0.2) is 12.1 Å². The van der Waals surface area contributed by atoms with E-state index in [1.807, 2.05) is 0 Å². The molecule has 12 heavy (non-hydrogen) atoms. The predicted octanol–water partition coefficient (Wildman–Crippen LogP) is -0.0332. The Morgan fingerprint density at radius 2 is 2.25 bits per heavy atom. The van der Waals surface area contributed by atoms with Gasteiger partial charge in [-0.3, -0.25) is 4.79 Å². The molecule has 5 heteroatoms. The normalized spacial score (nSPS) is 8.42. The van der Waals surface area contributed by atoms with Crippen molar-refractivity contribution in [2.24, 2.45) is 5.73 Å². The number of hydrogen-bond acceptors (Lipinski definition) is 3. The minimum Gasteiger partial charge on any atom is -0.359 e. The van der Waals surface area contributed by atoms with Gasteiger partial charge in [0, 0.05) is 5.92 Å². The molecule has 0 saturated heterocycles. The Balaban J connectivity index is 2.86. The number of rotatable bonds is 0. The van der Waals surface area contributed by atoms with E-state index in [0.717, 1.165) is 0 Å². The fourth-order valence-electron chi connectivity index (χ4n) is 0.508. The van der Waals surface area contributed by atoms with Crippen LogP contribution in [0.4, 0.5) is 0 Å². The topological polar surface area (TPSA) is 68.9 Å². The molecule has 0 radical (unpaired) electrons. The van der Waals surface area contributed by atoms with Crippen LogP contribution in [0.1, 0.15) is 5.69 Å². The zero-order chi connectivity index (χ0) is 8.97. The van der Waals surface area contributed by atoms with Crippen molar-refractivity contribution in [2.75, 3.05) is 0 Å². The molecule has 0 fully saturated rings. The van der Waals surface area contributed by atoms with Crippen molar-refractivity contribution < 1.29 is 4.79 Å². The molecule has 1 aromatic heterocycles. The van der Waals surface area contributed by atoms with Crippen LogP contribution in [-0.4, -0.2) is 16.1 Å². The molecule has 60 valence electrons. The van der Waals surface area contributed by atoms with Crippen LogP contribution in [0.3, 0.4) is 0 Å². The molecule has 0 spiro atoms. The summed E-state index contributed by atoms with van der Waals surface area (Å²) in [5, 5.41) is 7.38. The second-order valence-corrected chi connectivity index (χ2v) is 2.24. The monoisotopic (exact) mass is 181 g/mol. The van der Waals surface area contributed by atoms with Crippen molar-refractivity contribution in [3.05, 3.63) is 23.0 Å². The SMILES string of the molecule is NC(=O)C#Cc1ccc(Cl)nn1. The molecule has 1 heterocycles. The highest BCUT2D eigenvalue weighted by molar-refractivity contribution is 6.29. The van der Waals surface area contributed by atoms with Crippen molar-refractivity contribution in [3.8, 4) is 11.8 Å². The van der Waals surface area contributed by atoms with E-state index in [4.69, 9.17) is 17.3 Å². The Kier molecular flexibility index (Phi) is 2.62. The summed E-state index contributed by atoms with van der Waals surface area (Å²) in [6.07, 6.45) is 0. The summed E-state index contributed by atoms with van der Waals surface area (Å²) in [7, 11) is 0. The van der Waals surface area contributed by atoms with Crippen LogP contribution in [-0.2, 0) is 4.79 Å². The minimum atomic E-state index is -0.702. The van der Waals surface area contributed by atoms with Crippen molar-refractivity contribution in [3.63, 3.8) is 0 Å². The van der Waals surface area contributed by atoms with E-state index in [1.54, 1.807) is 6.07 Å². The van der Waals surface area contributed by atoms with E-state index in [1.165, 1.54) is 6.07 Å². The number of primary amides is 1. The third-order valence-electron chi connectivity index (χ3n) is 0.946. The van der Waals surface area contributed by atoms with Gasteiger partial charge in [-0.15, -0.1) is 10.2 Å². The lowest BCUT2D eigenvalue weighted by molar-refractivity contribution is -0.112. The highest BCUT2D eigenvalue weighted by Gasteiger charge is 1.90. The second kappa shape index (κ2) is 3.69. The highest BCUT2D eigenvalue weighted by atomic mass is 35.5. The van der Waals surface area contributed by atoms with Crippen LogP contribution >= 0.6 is 11.6 Å². The standard InChI is InChI=1S/C7H4ClN3O/c8-6-3-1-5(10-11-6)2-4-7(9)12/h1,3H,(H2,9,12). The molecule has 0 aliphatic rings. The van der Waals surface area contributed by atoms with Crippen molar-refractivity contribution in [1.29, 1.82) is 0 Å². The van der Waals surface area contributed by atoms with E-state index in [-0.39, 0.29) is 5.15 Å². The van der Waals surface area contributed by atoms with E-state index < -0.39 is 5.91 Å². The predicted molar refractivity (Wildman–Crippen MR) is 43.1 cm³/mol. The summed E-state index contributed by atoms with van der Waals surface area (Å²) in [6, 6.07) is 3.07. The first-order valence-electron chi connectivity index (χ1n) is 2.99. The Labute approximate surface area is 73.7 Å². The van der Waals surface area contributed by atoms with Gasteiger partial charge in [-0.2, -0.15) is 0 Å². The summed E-state index contributed by atoms with van der Waals surface area (Å²) in [4.78, 5) is 10.2. The molecule has 1 amide bonds. The summed E-state index contributed by atoms with van der Waals surface area (Å²) >= 11 is 5.46. The summed E-state index contributed by atoms with van der Waals surface area (Å²) in [6.45, 7) is 0. The molecule has 0 atom stereocenters. The molecule has 2 N–H and O–H groups in total. The van der Waals surface area contributed by atoms with Crippen molar-refractivity contribution in [1.82, 2.24) is 10.2 Å². The molecule has 4 nitrogen and oxygen atoms in total. The van der Waals surface area contributed by atoms with Gasteiger partial charge in [0.25, 0.3) is 5.91 Å². The molecular formula is C7H4ClN3O. The zero-order valence-corrected chi connectivity index (χ0v) is 6.67. The Morgan fingerprint density at radius 1 is 1.50 bits per heavy atom. The molecule has 0 aromatic carbocycles. The maximum atomic E-state index is 10.2. The molecule has 0 aliphatic heterocycles. The Bertz CT molecular complexity index is 349. The van der Waals surface area contributed by atoms with Gasteiger partial charge in [0.05, 0.1) is 0 Å². The van der Waals surface area contributed by atoms with Crippen molar-refractivity contribution >= 4 is 17.5 Å². The number of halogens is 1. The maximum Gasteiger partial charge on any atom is 0.293 e. The average molecular weight is 182 g/mol. The number of aromatic nitrogens is 2. The lowest BCUT2D eigenvalue weighted by atomic mass is 10.4. The third-order valence-corrected chi connectivity index (χ3v) is 1.15. The number of carbonyl (C=O) groups excluding carboxylic acids is 1. The molecule has 1 aromatic rings. The molecule has 0 aliphatic carbocycles. The summed E-state index contributed by atoms with van der Waals surface area (Å²) < 4.78 is 0. The lowest BCUT2D eigenvalue weighted by Crippen LogP contribution is -2.06. The van der Waals surface area contributed by atoms with E-state index >= 15 is 0 Å². The Hall–Kier alpha value is -1.60. The largest absolute Gasteiger partial charge is 0.359 e.